The lowest BCUT2D eigenvalue weighted by Gasteiger charge is -2.32. The maximum absolute atomic E-state index is 13.5. The van der Waals surface area contributed by atoms with Gasteiger partial charge in [0.1, 0.15) is 5.69 Å². The summed E-state index contributed by atoms with van der Waals surface area (Å²) in [5.41, 5.74) is 3.81. The zero-order valence-electron chi connectivity index (χ0n) is 21.0. The highest BCUT2D eigenvalue weighted by Crippen LogP contribution is 2.35. The van der Waals surface area contributed by atoms with Crippen molar-refractivity contribution < 1.29 is 14.1 Å². The molecule has 1 aliphatic carbocycles. The Bertz CT molecular complexity index is 1050. The van der Waals surface area contributed by atoms with E-state index < -0.39 is 0 Å². The van der Waals surface area contributed by atoms with E-state index in [1.165, 1.54) is 19.3 Å². The molecule has 0 saturated heterocycles. The van der Waals surface area contributed by atoms with Crippen molar-refractivity contribution in [3.8, 4) is 11.3 Å². The van der Waals surface area contributed by atoms with Crippen molar-refractivity contribution in [1.29, 1.82) is 0 Å². The summed E-state index contributed by atoms with van der Waals surface area (Å²) in [4.78, 5) is 17.7. The van der Waals surface area contributed by atoms with Gasteiger partial charge in [0.15, 0.2) is 0 Å². The number of amides is 1. The molecule has 1 saturated carbocycles. The van der Waals surface area contributed by atoms with E-state index in [-0.39, 0.29) is 5.91 Å². The van der Waals surface area contributed by atoms with Crippen LogP contribution >= 0.6 is 0 Å². The molecular formula is C29H37N3O3. The molecule has 4 rings (SSSR count). The molecule has 6 nitrogen and oxygen atoms in total. The minimum absolute atomic E-state index is 0.0961. The van der Waals surface area contributed by atoms with Gasteiger partial charge in [-0.3, -0.25) is 4.79 Å². The number of carbonyl (C=O) groups is 1. The van der Waals surface area contributed by atoms with Crippen molar-refractivity contribution in [2.75, 3.05) is 32.2 Å². The normalized spacial score (nSPS) is 14.1. The number of hydrogen-bond donors (Lipinski definition) is 0. The van der Waals surface area contributed by atoms with Crippen LogP contribution in [0.3, 0.4) is 0 Å². The van der Waals surface area contributed by atoms with E-state index in [1.807, 2.05) is 65.6 Å². The van der Waals surface area contributed by atoms with E-state index in [9.17, 15) is 4.79 Å². The summed E-state index contributed by atoms with van der Waals surface area (Å²) >= 11 is 0. The second-order valence-electron chi connectivity index (χ2n) is 9.41. The van der Waals surface area contributed by atoms with Gasteiger partial charge in [-0.25, -0.2) is 0 Å². The Morgan fingerprint density at radius 3 is 2.40 bits per heavy atom. The van der Waals surface area contributed by atoms with Crippen molar-refractivity contribution in [2.24, 2.45) is 0 Å². The van der Waals surface area contributed by atoms with E-state index in [4.69, 9.17) is 9.26 Å². The molecule has 1 aromatic heterocycles. The molecule has 2 aromatic carbocycles. The van der Waals surface area contributed by atoms with Gasteiger partial charge in [0.2, 0.25) is 11.8 Å². The third-order valence-corrected chi connectivity index (χ3v) is 6.93. The fourth-order valence-corrected chi connectivity index (χ4v) is 4.94. The van der Waals surface area contributed by atoms with E-state index in [0.29, 0.717) is 32.2 Å². The molecular weight excluding hydrogens is 438 g/mol. The molecule has 186 valence electrons. The van der Waals surface area contributed by atoms with Gasteiger partial charge in [-0.05, 0) is 24.8 Å². The van der Waals surface area contributed by atoms with E-state index in [0.717, 1.165) is 47.5 Å². The maximum Gasteiger partial charge on any atom is 0.232 e. The lowest BCUT2D eigenvalue weighted by Crippen LogP contribution is -2.36. The van der Waals surface area contributed by atoms with Gasteiger partial charge in [0.25, 0.3) is 0 Å². The largest absolute Gasteiger partial charge is 0.385 e. The van der Waals surface area contributed by atoms with Crippen LogP contribution in [0.5, 0.6) is 0 Å². The Balaban J connectivity index is 1.65. The van der Waals surface area contributed by atoms with Crippen LogP contribution in [0.25, 0.3) is 11.3 Å². The average molecular weight is 476 g/mol. The van der Waals surface area contributed by atoms with Crippen LogP contribution in [0.1, 0.15) is 49.7 Å². The smallest absolute Gasteiger partial charge is 0.232 e. The molecule has 0 N–H and O–H groups in total. The Hall–Kier alpha value is -3.12. The van der Waals surface area contributed by atoms with Crippen LogP contribution in [0.15, 0.2) is 65.2 Å². The summed E-state index contributed by atoms with van der Waals surface area (Å²) < 4.78 is 11.3. The van der Waals surface area contributed by atoms with E-state index in [1.54, 1.807) is 7.11 Å². The minimum Gasteiger partial charge on any atom is -0.385 e. The molecule has 35 heavy (non-hydrogen) atoms. The maximum atomic E-state index is 13.5. The number of ether oxygens (including phenoxy) is 1. The van der Waals surface area contributed by atoms with Crippen LogP contribution in [0, 0.1) is 0 Å². The predicted molar refractivity (Wildman–Crippen MR) is 139 cm³/mol. The number of methoxy groups -OCH3 is 1. The summed E-state index contributed by atoms with van der Waals surface area (Å²) in [7, 11) is 3.80. The van der Waals surface area contributed by atoms with Gasteiger partial charge < -0.3 is 19.1 Å². The molecule has 1 fully saturated rings. The van der Waals surface area contributed by atoms with Crippen LogP contribution in [0.2, 0.25) is 0 Å². The third kappa shape index (κ3) is 6.51. The van der Waals surface area contributed by atoms with Crippen molar-refractivity contribution in [1.82, 2.24) is 10.1 Å². The monoisotopic (exact) mass is 475 g/mol. The number of nitrogens with zero attached hydrogens (tertiary/aromatic N) is 3. The van der Waals surface area contributed by atoms with Crippen LogP contribution in [-0.4, -0.2) is 49.3 Å². The van der Waals surface area contributed by atoms with Gasteiger partial charge in [-0.1, -0.05) is 85.1 Å². The first kappa shape index (κ1) is 25.0. The molecule has 0 bridgehead atoms. The first-order valence-corrected chi connectivity index (χ1v) is 12.7. The molecule has 0 radical (unpaired) electrons. The number of anilines is 1. The summed E-state index contributed by atoms with van der Waals surface area (Å²) in [6.45, 7) is 1.68. The summed E-state index contributed by atoms with van der Waals surface area (Å²) in [5, 5.41) is 4.52. The van der Waals surface area contributed by atoms with Gasteiger partial charge in [-0.15, -0.1) is 0 Å². The highest BCUT2D eigenvalue weighted by atomic mass is 16.5. The van der Waals surface area contributed by atoms with E-state index >= 15 is 0 Å². The molecule has 3 aromatic rings. The fraction of sp³-hybridized carbons (Fsp3) is 0.448. The first-order chi connectivity index (χ1) is 17.2. The topological polar surface area (TPSA) is 58.8 Å². The zero-order valence-corrected chi connectivity index (χ0v) is 21.0. The zero-order chi connectivity index (χ0) is 24.5. The second-order valence-corrected chi connectivity index (χ2v) is 9.41. The number of aromatic nitrogens is 1. The van der Waals surface area contributed by atoms with Gasteiger partial charge in [-0.2, -0.15) is 0 Å². The third-order valence-electron chi connectivity index (χ3n) is 6.93. The van der Waals surface area contributed by atoms with Gasteiger partial charge in [0.05, 0.1) is 18.5 Å². The summed E-state index contributed by atoms with van der Waals surface area (Å²) in [6, 6.07) is 20.5. The number of carbonyl (C=O) groups excluding carboxylic acids is 1. The molecule has 1 aliphatic rings. The molecule has 6 heteroatoms. The highest BCUT2D eigenvalue weighted by molar-refractivity contribution is 5.79. The van der Waals surface area contributed by atoms with Crippen molar-refractivity contribution in [3.63, 3.8) is 0 Å². The molecule has 0 atom stereocenters. The predicted octanol–water partition coefficient (Wildman–Crippen LogP) is 5.72. The molecule has 0 unspecified atom stereocenters. The Labute approximate surface area is 208 Å². The number of rotatable bonds is 11. The minimum atomic E-state index is 0.0961. The SMILES string of the molecule is COCCCN(Cc1c(-c2ccccc2)noc1N(C)C1CCCCC1)C(=O)Cc1ccccc1. The fourth-order valence-electron chi connectivity index (χ4n) is 4.94. The first-order valence-electron chi connectivity index (χ1n) is 12.7. The Morgan fingerprint density at radius 2 is 1.71 bits per heavy atom. The molecule has 1 amide bonds. The second kappa shape index (κ2) is 12.5. The van der Waals surface area contributed by atoms with Crippen LogP contribution in [0.4, 0.5) is 5.88 Å². The number of hydrogen-bond acceptors (Lipinski definition) is 5. The van der Waals surface area contributed by atoms with Crippen molar-refractivity contribution in [3.05, 3.63) is 71.8 Å². The van der Waals surface area contributed by atoms with Gasteiger partial charge >= 0.3 is 0 Å². The molecule has 1 heterocycles. The van der Waals surface area contributed by atoms with E-state index in [2.05, 4.69) is 17.1 Å². The standard InChI is InChI=1S/C29H37N3O3/c1-31(25-17-10-5-11-18-25)29-26(28(30-35-29)24-15-8-4-9-16-24)22-32(19-12-20-34-2)27(33)21-23-13-6-3-7-14-23/h3-4,6-9,13-16,25H,5,10-12,17-22H2,1-2H3. The quantitative estimate of drug-likeness (QED) is 0.332. The molecule has 0 spiro atoms. The summed E-state index contributed by atoms with van der Waals surface area (Å²) in [6.07, 6.45) is 7.23. The highest BCUT2D eigenvalue weighted by Gasteiger charge is 2.28. The number of benzene rings is 2. The van der Waals surface area contributed by atoms with Crippen molar-refractivity contribution in [2.45, 2.75) is 57.5 Å². The Kier molecular flexibility index (Phi) is 8.96. The van der Waals surface area contributed by atoms with Crippen LogP contribution in [-0.2, 0) is 22.5 Å². The van der Waals surface area contributed by atoms with Gasteiger partial charge in [0, 0.05) is 38.9 Å². The molecule has 0 aliphatic heterocycles. The van der Waals surface area contributed by atoms with Crippen molar-refractivity contribution >= 4 is 11.8 Å². The lowest BCUT2D eigenvalue weighted by atomic mass is 9.94. The average Bonchev–Trinajstić information content (AvgIpc) is 3.33. The summed E-state index contributed by atoms with van der Waals surface area (Å²) in [5.74, 6) is 0.874. The van der Waals surface area contributed by atoms with Crippen LogP contribution < -0.4 is 4.90 Å². The Morgan fingerprint density at radius 1 is 1.03 bits per heavy atom. The lowest BCUT2D eigenvalue weighted by molar-refractivity contribution is -0.131.